The van der Waals surface area contributed by atoms with E-state index < -0.39 is 10.1 Å². The first-order chi connectivity index (χ1) is 11.5. The summed E-state index contributed by atoms with van der Waals surface area (Å²) < 4.78 is 26.2. The molecule has 26 heavy (non-hydrogen) atoms. The van der Waals surface area contributed by atoms with E-state index in [0.29, 0.717) is 0 Å². The monoisotopic (exact) mass is 395 g/mol. The molecule has 0 saturated carbocycles. The Balaban J connectivity index is -0.000000168. The third-order valence-electron chi connectivity index (χ3n) is 3.37. The summed E-state index contributed by atoms with van der Waals surface area (Å²) in [6.07, 6.45) is 10.8. The summed E-state index contributed by atoms with van der Waals surface area (Å²) in [4.78, 5) is 0. The van der Waals surface area contributed by atoms with E-state index in [4.69, 9.17) is 4.18 Å². The van der Waals surface area contributed by atoms with Crippen molar-refractivity contribution in [2.24, 2.45) is 11.7 Å². The number of rotatable bonds is 9. The van der Waals surface area contributed by atoms with Gasteiger partial charge in [0, 0.05) is 0 Å². The van der Waals surface area contributed by atoms with Gasteiger partial charge in [-0.1, -0.05) is 43.6 Å². The van der Waals surface area contributed by atoms with Crippen LogP contribution in [-0.2, 0) is 14.3 Å². The van der Waals surface area contributed by atoms with Crippen LogP contribution in [0.4, 0.5) is 0 Å². The van der Waals surface area contributed by atoms with E-state index in [0.717, 1.165) is 25.0 Å². The van der Waals surface area contributed by atoms with Crippen molar-refractivity contribution >= 4 is 10.1 Å². The first kappa shape index (κ1) is 32.9. The lowest BCUT2D eigenvalue weighted by atomic mass is 10.0. The molecule has 0 aliphatic heterocycles. The van der Waals surface area contributed by atoms with Crippen LogP contribution < -0.4 is 5.73 Å². The molecule has 0 aromatic carbocycles. The molecule has 6 heteroatoms. The molecule has 160 valence electrons. The van der Waals surface area contributed by atoms with Crippen molar-refractivity contribution in [1.29, 1.82) is 0 Å². The Morgan fingerprint density at radius 2 is 1.35 bits per heavy atom. The van der Waals surface area contributed by atoms with Gasteiger partial charge in [-0.2, -0.15) is 8.42 Å². The fraction of sp³-hybridized carbons (Fsp3) is 0.800. The van der Waals surface area contributed by atoms with Crippen LogP contribution in [0, 0.1) is 5.92 Å². The fourth-order valence-corrected chi connectivity index (χ4v) is 2.51. The zero-order valence-corrected chi connectivity index (χ0v) is 19.4. The molecule has 0 spiro atoms. The van der Waals surface area contributed by atoms with Gasteiger partial charge >= 0.3 is 0 Å². The molecule has 0 saturated heterocycles. The highest BCUT2D eigenvalue weighted by atomic mass is 32.2. The molecule has 0 bridgehead atoms. The van der Waals surface area contributed by atoms with E-state index in [1.165, 1.54) is 37.5 Å². The summed E-state index contributed by atoms with van der Waals surface area (Å²) >= 11 is 0. The lowest BCUT2D eigenvalue weighted by Gasteiger charge is -2.08. The third-order valence-corrected chi connectivity index (χ3v) is 4.05. The number of nitrogens with two attached hydrogens (primary N) is 1. The number of allylic oxidation sites excluding steroid dienone is 4. The Labute approximate surface area is 163 Å². The van der Waals surface area contributed by atoms with E-state index in [1.807, 2.05) is 13.8 Å². The molecule has 2 atom stereocenters. The Morgan fingerprint density at radius 3 is 1.65 bits per heavy atom. The van der Waals surface area contributed by atoms with Gasteiger partial charge in [-0.15, -0.1) is 0 Å². The van der Waals surface area contributed by atoms with E-state index in [9.17, 15) is 8.42 Å². The summed E-state index contributed by atoms with van der Waals surface area (Å²) in [5.74, 6) is 0.899. The highest BCUT2D eigenvalue weighted by Crippen LogP contribution is 2.10. The molecule has 0 aromatic heterocycles. The summed E-state index contributed by atoms with van der Waals surface area (Å²) in [6.45, 7) is 14.7. The topological polar surface area (TPSA) is 101 Å². The molecular formula is C20H45NO4S. The highest BCUT2D eigenvalue weighted by Gasteiger charge is 2.08. The summed E-state index contributed by atoms with van der Waals surface area (Å²) in [7, 11) is -1.79. The van der Waals surface area contributed by atoms with Crippen LogP contribution in [0.2, 0.25) is 0 Å². The van der Waals surface area contributed by atoms with Crippen LogP contribution in [0.25, 0.3) is 0 Å². The molecule has 0 unspecified atom stereocenters. The predicted octanol–water partition coefficient (Wildman–Crippen LogP) is 4.63. The summed E-state index contributed by atoms with van der Waals surface area (Å²) in [5.41, 5.74) is 7.19. The molecule has 0 heterocycles. The summed E-state index contributed by atoms with van der Waals surface area (Å²) in [5, 5.41) is 0. The average Bonchev–Trinajstić information content (AvgIpc) is 2.47. The fourth-order valence-electron chi connectivity index (χ4n) is 1.81. The number of hydrogen-bond acceptors (Lipinski definition) is 4. The van der Waals surface area contributed by atoms with Gasteiger partial charge in [-0.05, 0) is 73.3 Å². The molecule has 5 nitrogen and oxygen atoms in total. The quantitative estimate of drug-likeness (QED) is 0.454. The second kappa shape index (κ2) is 20.6. The van der Waals surface area contributed by atoms with Crippen LogP contribution in [0.1, 0.15) is 80.6 Å². The Hall–Kier alpha value is -0.690. The zero-order chi connectivity index (χ0) is 20.5. The second-order valence-electron chi connectivity index (χ2n) is 6.84. The van der Waals surface area contributed by atoms with Gasteiger partial charge in [-0.3, -0.25) is 4.18 Å². The third kappa shape index (κ3) is 34.6. The summed E-state index contributed by atoms with van der Waals surface area (Å²) in [6, 6.07) is 0. The van der Waals surface area contributed by atoms with Crippen LogP contribution in [0.3, 0.4) is 0 Å². The maximum atomic E-state index is 10.7. The van der Waals surface area contributed by atoms with Gasteiger partial charge in [0.25, 0.3) is 10.1 Å². The molecule has 0 amide bonds. The van der Waals surface area contributed by atoms with Crippen molar-refractivity contribution in [1.82, 2.24) is 0 Å². The largest absolute Gasteiger partial charge is 0.412 e. The molecular weight excluding hydrogens is 350 g/mol. The second-order valence-corrected chi connectivity index (χ2v) is 8.44. The maximum absolute atomic E-state index is 10.7. The molecule has 0 radical (unpaired) electrons. The highest BCUT2D eigenvalue weighted by molar-refractivity contribution is 7.86. The maximum Gasteiger partial charge on any atom is 0.264 e. The van der Waals surface area contributed by atoms with E-state index in [-0.39, 0.29) is 11.6 Å². The van der Waals surface area contributed by atoms with Gasteiger partial charge < -0.3 is 11.2 Å². The SMILES string of the molecule is CC(C)=CCC[C@@H](C)OS(C)(=O)=O.CC[C@@H](C)CCC=C(C)C.CN.O. The van der Waals surface area contributed by atoms with Crippen molar-refractivity contribution in [2.45, 2.75) is 86.7 Å². The van der Waals surface area contributed by atoms with Crippen LogP contribution in [0.5, 0.6) is 0 Å². The first-order valence-electron chi connectivity index (χ1n) is 9.20. The van der Waals surface area contributed by atoms with Crippen molar-refractivity contribution in [3.05, 3.63) is 23.3 Å². The van der Waals surface area contributed by atoms with Crippen LogP contribution in [-0.4, -0.2) is 33.3 Å². The van der Waals surface area contributed by atoms with Crippen molar-refractivity contribution in [3.8, 4) is 0 Å². The standard InChI is InChI=1S/C10H20.C9H18O3S.CH5N.H2O/c1-5-10(4)8-6-7-9(2)3;1-8(2)6-5-7-9(3)12-13(4,10)11;1-2;/h7,10H,5-6,8H2,1-4H3;6,9H,5,7H2,1-4H3;2H2,1H3;1H2/t10-;9-;;/m11../s1. The van der Waals surface area contributed by atoms with Gasteiger partial charge in [0.2, 0.25) is 0 Å². The van der Waals surface area contributed by atoms with Crippen molar-refractivity contribution in [3.63, 3.8) is 0 Å². The number of hydrogen-bond donors (Lipinski definition) is 1. The van der Waals surface area contributed by atoms with Gasteiger partial charge in [0.05, 0.1) is 12.4 Å². The first-order valence-corrected chi connectivity index (χ1v) is 11.0. The lowest BCUT2D eigenvalue weighted by Crippen LogP contribution is -2.13. The van der Waals surface area contributed by atoms with Gasteiger partial charge in [0.1, 0.15) is 0 Å². The zero-order valence-electron chi connectivity index (χ0n) is 18.6. The van der Waals surface area contributed by atoms with Gasteiger partial charge in [-0.25, -0.2) is 0 Å². The van der Waals surface area contributed by atoms with Crippen LogP contribution >= 0.6 is 0 Å². The Kier molecular flexibility index (Phi) is 26.1. The van der Waals surface area contributed by atoms with E-state index in [2.05, 4.69) is 45.6 Å². The van der Waals surface area contributed by atoms with Crippen molar-refractivity contribution in [2.75, 3.05) is 13.3 Å². The normalized spacial score (nSPS) is 12.1. The molecule has 0 aromatic rings. The molecule has 0 aliphatic rings. The van der Waals surface area contributed by atoms with E-state index >= 15 is 0 Å². The smallest absolute Gasteiger partial charge is 0.264 e. The minimum Gasteiger partial charge on any atom is -0.412 e. The Bertz CT molecular complexity index is 448. The molecule has 0 rings (SSSR count). The minimum absolute atomic E-state index is 0. The minimum atomic E-state index is -3.29. The van der Waals surface area contributed by atoms with Gasteiger partial charge in [0.15, 0.2) is 0 Å². The van der Waals surface area contributed by atoms with E-state index in [1.54, 1.807) is 6.92 Å². The van der Waals surface area contributed by atoms with Crippen molar-refractivity contribution < 1.29 is 18.1 Å². The average molecular weight is 396 g/mol. The van der Waals surface area contributed by atoms with Crippen LogP contribution in [0.15, 0.2) is 23.3 Å². The molecule has 4 N–H and O–H groups in total. The molecule has 0 fully saturated rings. The molecule has 0 aliphatic carbocycles. The Morgan fingerprint density at radius 1 is 0.962 bits per heavy atom. The predicted molar refractivity (Wildman–Crippen MR) is 116 cm³/mol. The lowest BCUT2D eigenvalue weighted by molar-refractivity contribution is 0.222.